The lowest BCUT2D eigenvalue weighted by Gasteiger charge is -2.13. The van der Waals surface area contributed by atoms with Gasteiger partial charge >= 0.3 is 5.97 Å². The third kappa shape index (κ3) is 4.64. The molecule has 1 atom stereocenters. The van der Waals surface area contributed by atoms with Gasteiger partial charge in [-0.25, -0.2) is 14.2 Å². The van der Waals surface area contributed by atoms with E-state index in [1.54, 1.807) is 0 Å². The SMILES string of the molecule is C[C@H](OC(=O)c1cc(Cl)ccn1)C(=O)Nc1ccc(Cl)cc1F. The zero-order valence-corrected chi connectivity index (χ0v) is 13.4. The monoisotopic (exact) mass is 356 g/mol. The van der Waals surface area contributed by atoms with Crippen molar-refractivity contribution in [2.24, 2.45) is 0 Å². The fourth-order valence-corrected chi connectivity index (χ4v) is 1.93. The predicted octanol–water partition coefficient (Wildman–Crippen LogP) is 3.71. The number of benzene rings is 1. The molecule has 0 unspecified atom stereocenters. The fraction of sp³-hybridized carbons (Fsp3) is 0.133. The van der Waals surface area contributed by atoms with Crippen LogP contribution in [0.1, 0.15) is 17.4 Å². The summed E-state index contributed by atoms with van der Waals surface area (Å²) >= 11 is 11.4. The Bertz CT molecular complexity index is 755. The van der Waals surface area contributed by atoms with Gasteiger partial charge in [-0.3, -0.25) is 4.79 Å². The molecule has 5 nitrogen and oxygen atoms in total. The van der Waals surface area contributed by atoms with Crippen LogP contribution in [0.4, 0.5) is 10.1 Å². The second-order valence-electron chi connectivity index (χ2n) is 4.52. The van der Waals surface area contributed by atoms with E-state index in [9.17, 15) is 14.0 Å². The molecular formula is C15H11Cl2FN2O3. The van der Waals surface area contributed by atoms with E-state index in [4.69, 9.17) is 27.9 Å². The van der Waals surface area contributed by atoms with Gasteiger partial charge in [0.25, 0.3) is 5.91 Å². The van der Waals surface area contributed by atoms with Crippen molar-refractivity contribution in [3.05, 3.63) is 58.1 Å². The molecule has 0 saturated heterocycles. The van der Waals surface area contributed by atoms with Gasteiger partial charge in [-0.1, -0.05) is 23.2 Å². The lowest BCUT2D eigenvalue weighted by molar-refractivity contribution is -0.123. The number of nitrogens with one attached hydrogen (secondary N) is 1. The van der Waals surface area contributed by atoms with E-state index in [2.05, 4.69) is 10.3 Å². The molecule has 0 bridgehead atoms. The van der Waals surface area contributed by atoms with Crippen LogP contribution in [0, 0.1) is 5.82 Å². The van der Waals surface area contributed by atoms with Gasteiger partial charge in [0, 0.05) is 16.2 Å². The normalized spacial score (nSPS) is 11.7. The van der Waals surface area contributed by atoms with Crippen LogP contribution in [0.5, 0.6) is 0 Å². The molecule has 0 aliphatic rings. The van der Waals surface area contributed by atoms with Gasteiger partial charge in [-0.15, -0.1) is 0 Å². The summed E-state index contributed by atoms with van der Waals surface area (Å²) in [5, 5.41) is 2.82. The number of carbonyl (C=O) groups excluding carboxylic acids is 2. The Hall–Kier alpha value is -2.18. The number of esters is 1. The van der Waals surface area contributed by atoms with Crippen LogP contribution in [0.15, 0.2) is 36.5 Å². The van der Waals surface area contributed by atoms with Gasteiger partial charge in [0.05, 0.1) is 5.69 Å². The molecule has 0 aliphatic heterocycles. The number of amides is 1. The second-order valence-corrected chi connectivity index (χ2v) is 5.39. The molecule has 1 aromatic heterocycles. The van der Waals surface area contributed by atoms with Crippen LogP contribution in [0.3, 0.4) is 0 Å². The van der Waals surface area contributed by atoms with Crippen LogP contribution in [0.2, 0.25) is 10.0 Å². The lowest BCUT2D eigenvalue weighted by atomic mass is 10.3. The van der Waals surface area contributed by atoms with Crippen molar-refractivity contribution in [2.45, 2.75) is 13.0 Å². The minimum Gasteiger partial charge on any atom is -0.448 e. The molecule has 2 rings (SSSR count). The molecule has 1 aromatic carbocycles. The zero-order chi connectivity index (χ0) is 17.0. The highest BCUT2D eigenvalue weighted by atomic mass is 35.5. The molecule has 1 amide bonds. The van der Waals surface area contributed by atoms with E-state index in [0.29, 0.717) is 5.02 Å². The van der Waals surface area contributed by atoms with E-state index < -0.39 is 23.8 Å². The van der Waals surface area contributed by atoms with Crippen molar-refractivity contribution in [1.29, 1.82) is 0 Å². The molecule has 23 heavy (non-hydrogen) atoms. The number of hydrogen-bond acceptors (Lipinski definition) is 4. The van der Waals surface area contributed by atoms with Gasteiger partial charge in [0.2, 0.25) is 0 Å². The number of halogens is 3. The first-order valence-corrected chi connectivity index (χ1v) is 7.21. The molecule has 1 N–H and O–H groups in total. The molecule has 2 aromatic rings. The van der Waals surface area contributed by atoms with Crippen LogP contribution in [-0.4, -0.2) is 23.0 Å². The van der Waals surface area contributed by atoms with Crippen molar-refractivity contribution >= 4 is 40.8 Å². The predicted molar refractivity (Wildman–Crippen MR) is 84.2 cm³/mol. The van der Waals surface area contributed by atoms with Crippen LogP contribution >= 0.6 is 23.2 Å². The molecular weight excluding hydrogens is 346 g/mol. The molecule has 120 valence electrons. The summed E-state index contributed by atoms with van der Waals surface area (Å²) in [4.78, 5) is 27.6. The largest absolute Gasteiger partial charge is 0.448 e. The molecule has 0 saturated carbocycles. The summed E-state index contributed by atoms with van der Waals surface area (Å²) in [5.74, 6) is -2.20. The van der Waals surface area contributed by atoms with Crippen molar-refractivity contribution in [2.75, 3.05) is 5.32 Å². The first-order chi connectivity index (χ1) is 10.9. The number of ether oxygens (including phenoxy) is 1. The summed E-state index contributed by atoms with van der Waals surface area (Å²) in [6.07, 6.45) is 0.186. The van der Waals surface area contributed by atoms with Gasteiger partial charge in [0.15, 0.2) is 6.10 Å². The Morgan fingerprint density at radius 3 is 2.57 bits per heavy atom. The first kappa shape index (κ1) is 17.2. The third-order valence-electron chi connectivity index (χ3n) is 2.77. The zero-order valence-electron chi connectivity index (χ0n) is 11.8. The summed E-state index contributed by atoms with van der Waals surface area (Å²) in [6.45, 7) is 1.35. The minimum atomic E-state index is -1.15. The number of anilines is 1. The van der Waals surface area contributed by atoms with E-state index >= 15 is 0 Å². The van der Waals surface area contributed by atoms with E-state index in [0.717, 1.165) is 6.07 Å². The summed E-state index contributed by atoms with van der Waals surface area (Å²) < 4.78 is 18.6. The smallest absolute Gasteiger partial charge is 0.357 e. The highest BCUT2D eigenvalue weighted by Crippen LogP contribution is 2.19. The maximum atomic E-state index is 13.6. The topological polar surface area (TPSA) is 68.3 Å². The molecule has 0 spiro atoms. The quantitative estimate of drug-likeness (QED) is 0.847. The maximum Gasteiger partial charge on any atom is 0.357 e. The van der Waals surface area contributed by atoms with Crippen LogP contribution in [0.25, 0.3) is 0 Å². The van der Waals surface area contributed by atoms with Gasteiger partial charge in [-0.2, -0.15) is 0 Å². The van der Waals surface area contributed by atoms with Crippen molar-refractivity contribution in [3.63, 3.8) is 0 Å². The highest BCUT2D eigenvalue weighted by molar-refractivity contribution is 6.31. The van der Waals surface area contributed by atoms with Crippen LogP contribution in [-0.2, 0) is 9.53 Å². The van der Waals surface area contributed by atoms with Crippen LogP contribution < -0.4 is 5.32 Å². The lowest BCUT2D eigenvalue weighted by Crippen LogP contribution is -2.30. The summed E-state index contributed by atoms with van der Waals surface area (Å²) in [6, 6.07) is 6.60. The van der Waals surface area contributed by atoms with E-state index in [-0.39, 0.29) is 16.4 Å². The molecule has 0 radical (unpaired) electrons. The Labute approximate surface area is 141 Å². The Balaban J connectivity index is 2.01. The number of carbonyl (C=O) groups is 2. The molecule has 0 fully saturated rings. The number of hydrogen-bond donors (Lipinski definition) is 1. The average Bonchev–Trinajstić information content (AvgIpc) is 2.49. The number of rotatable bonds is 4. The Morgan fingerprint density at radius 1 is 1.22 bits per heavy atom. The van der Waals surface area contributed by atoms with Gasteiger partial charge in [0.1, 0.15) is 11.5 Å². The molecule has 8 heteroatoms. The molecule has 0 aliphatic carbocycles. The van der Waals surface area contributed by atoms with Gasteiger partial charge < -0.3 is 10.1 Å². The minimum absolute atomic E-state index is 0.0326. The Kier molecular flexibility index (Phi) is 5.52. The number of aromatic nitrogens is 1. The second kappa shape index (κ2) is 7.39. The van der Waals surface area contributed by atoms with Crippen molar-refractivity contribution in [1.82, 2.24) is 4.98 Å². The standard InChI is InChI=1S/C15H11Cl2FN2O3/c1-8(23-15(22)13-7-10(17)4-5-19-13)14(21)20-12-3-2-9(16)6-11(12)18/h2-8H,1H3,(H,20,21)/t8-/m0/s1. The highest BCUT2D eigenvalue weighted by Gasteiger charge is 2.21. The van der Waals surface area contributed by atoms with Crippen molar-refractivity contribution < 1.29 is 18.7 Å². The van der Waals surface area contributed by atoms with Gasteiger partial charge in [-0.05, 0) is 37.3 Å². The molecule has 1 heterocycles. The summed E-state index contributed by atoms with van der Waals surface area (Å²) in [5.41, 5.74) is -0.0991. The maximum absolute atomic E-state index is 13.6. The summed E-state index contributed by atoms with van der Waals surface area (Å²) in [7, 11) is 0. The number of nitrogens with zero attached hydrogens (tertiary/aromatic N) is 1. The third-order valence-corrected chi connectivity index (χ3v) is 3.24. The Morgan fingerprint density at radius 2 is 1.91 bits per heavy atom. The fourth-order valence-electron chi connectivity index (χ4n) is 1.62. The first-order valence-electron chi connectivity index (χ1n) is 6.45. The van der Waals surface area contributed by atoms with Crippen molar-refractivity contribution in [3.8, 4) is 0 Å². The van der Waals surface area contributed by atoms with E-state index in [1.165, 1.54) is 37.4 Å². The van der Waals surface area contributed by atoms with E-state index in [1.807, 2.05) is 0 Å². The average molecular weight is 357 g/mol. The number of pyridine rings is 1.